The van der Waals surface area contributed by atoms with Crippen LogP contribution < -0.4 is 4.74 Å². The monoisotopic (exact) mass is 321 g/mol. The summed E-state index contributed by atoms with van der Waals surface area (Å²) < 4.78 is 8.54. The van der Waals surface area contributed by atoms with Gasteiger partial charge in [-0.2, -0.15) is 0 Å². The number of Topliss-reactive ketones (excluding diaryl/α,β-unsaturated/α-hetero) is 1. The zero-order chi connectivity index (χ0) is 16.9. The summed E-state index contributed by atoms with van der Waals surface area (Å²) in [6.45, 7) is 7.23. The molecule has 1 aromatic heterocycles. The van der Waals surface area contributed by atoms with Gasteiger partial charge in [0.25, 0.3) is 0 Å². The standard InChI is InChI=1S/C21H23NO2/c1-4-22-17-9-6-5-8-14(17)15-13-20-16(12-18(15)22)19(23)10-7-11-21(2,3)24-20/h5-6,8-9,12-13H,4,7,10-11H2,1-3H3. The van der Waals surface area contributed by atoms with E-state index in [1.54, 1.807) is 0 Å². The first-order chi connectivity index (χ1) is 11.5. The molecule has 2 heterocycles. The molecule has 0 saturated heterocycles. The highest BCUT2D eigenvalue weighted by Crippen LogP contribution is 2.37. The summed E-state index contributed by atoms with van der Waals surface area (Å²) in [7, 11) is 0. The van der Waals surface area contributed by atoms with E-state index in [0.717, 1.165) is 41.6 Å². The minimum atomic E-state index is -0.244. The van der Waals surface area contributed by atoms with Crippen molar-refractivity contribution < 1.29 is 9.53 Å². The fourth-order valence-corrected chi connectivity index (χ4v) is 3.88. The van der Waals surface area contributed by atoms with Gasteiger partial charge >= 0.3 is 0 Å². The highest BCUT2D eigenvalue weighted by molar-refractivity contribution is 6.12. The minimum absolute atomic E-state index is 0.190. The first-order valence-electron chi connectivity index (χ1n) is 8.77. The number of hydrogen-bond acceptors (Lipinski definition) is 2. The van der Waals surface area contributed by atoms with E-state index in [0.29, 0.717) is 6.42 Å². The smallest absolute Gasteiger partial charge is 0.166 e. The molecule has 0 N–H and O–H groups in total. The lowest BCUT2D eigenvalue weighted by Gasteiger charge is -2.29. The molecule has 0 fully saturated rings. The van der Waals surface area contributed by atoms with Crippen LogP contribution in [-0.2, 0) is 6.54 Å². The Morgan fingerprint density at radius 1 is 1.12 bits per heavy atom. The van der Waals surface area contributed by atoms with Crippen LogP contribution in [0.4, 0.5) is 0 Å². The number of aryl methyl sites for hydroxylation is 1. The van der Waals surface area contributed by atoms with Crippen LogP contribution in [0.2, 0.25) is 0 Å². The average Bonchev–Trinajstić information content (AvgIpc) is 2.85. The molecule has 0 spiro atoms. The number of benzene rings is 2. The third kappa shape index (κ3) is 2.31. The Hall–Kier alpha value is -2.29. The van der Waals surface area contributed by atoms with Gasteiger partial charge in [-0.05, 0) is 51.8 Å². The van der Waals surface area contributed by atoms with Crippen molar-refractivity contribution >= 4 is 27.6 Å². The summed E-state index contributed by atoms with van der Waals surface area (Å²) in [6, 6.07) is 12.5. The molecule has 4 rings (SSSR count). The van der Waals surface area contributed by atoms with E-state index in [2.05, 4.69) is 55.7 Å². The summed E-state index contributed by atoms with van der Waals surface area (Å²) in [5.74, 6) is 0.923. The molecule has 0 unspecified atom stereocenters. The van der Waals surface area contributed by atoms with E-state index in [-0.39, 0.29) is 11.4 Å². The van der Waals surface area contributed by atoms with E-state index in [9.17, 15) is 4.79 Å². The van der Waals surface area contributed by atoms with Crippen LogP contribution >= 0.6 is 0 Å². The van der Waals surface area contributed by atoms with Gasteiger partial charge in [0.15, 0.2) is 5.78 Å². The second-order valence-corrected chi connectivity index (χ2v) is 7.27. The fraction of sp³-hybridized carbons (Fsp3) is 0.381. The van der Waals surface area contributed by atoms with Crippen LogP contribution in [-0.4, -0.2) is 16.0 Å². The van der Waals surface area contributed by atoms with E-state index in [1.807, 2.05) is 6.07 Å². The predicted octanol–water partition coefficient (Wildman–Crippen LogP) is 5.34. The van der Waals surface area contributed by atoms with Gasteiger partial charge in [0.2, 0.25) is 0 Å². The summed E-state index contributed by atoms with van der Waals surface area (Å²) >= 11 is 0. The Bertz CT molecular complexity index is 949. The molecule has 124 valence electrons. The van der Waals surface area contributed by atoms with Crippen LogP contribution in [0.5, 0.6) is 5.75 Å². The van der Waals surface area contributed by atoms with Crippen molar-refractivity contribution in [2.45, 2.75) is 52.2 Å². The first kappa shape index (κ1) is 15.3. The lowest BCUT2D eigenvalue weighted by atomic mass is 9.94. The number of rotatable bonds is 1. The maximum absolute atomic E-state index is 12.6. The third-order valence-electron chi connectivity index (χ3n) is 5.06. The maximum atomic E-state index is 12.6. The Balaban J connectivity index is 2.06. The Morgan fingerprint density at radius 2 is 1.92 bits per heavy atom. The molecule has 0 saturated carbocycles. The lowest BCUT2D eigenvalue weighted by molar-refractivity contribution is 0.0795. The highest BCUT2D eigenvalue weighted by Gasteiger charge is 2.27. The summed E-state index contributed by atoms with van der Waals surface area (Å²) in [4.78, 5) is 12.6. The summed E-state index contributed by atoms with van der Waals surface area (Å²) in [6.07, 6.45) is 2.37. The normalized spacial score (nSPS) is 17.4. The molecule has 0 atom stereocenters. The van der Waals surface area contributed by atoms with Crippen molar-refractivity contribution in [3.05, 3.63) is 42.0 Å². The van der Waals surface area contributed by atoms with E-state index < -0.39 is 0 Å². The molecule has 1 aliphatic rings. The molecule has 0 bridgehead atoms. The van der Waals surface area contributed by atoms with Gasteiger partial charge in [-0.3, -0.25) is 4.79 Å². The number of para-hydroxylation sites is 1. The van der Waals surface area contributed by atoms with Crippen molar-refractivity contribution in [3.63, 3.8) is 0 Å². The molecular formula is C21H23NO2. The molecular weight excluding hydrogens is 298 g/mol. The van der Waals surface area contributed by atoms with Crippen molar-refractivity contribution in [1.29, 1.82) is 0 Å². The Morgan fingerprint density at radius 3 is 2.71 bits per heavy atom. The number of hydrogen-bond donors (Lipinski definition) is 0. The number of nitrogens with zero attached hydrogens (tertiary/aromatic N) is 1. The number of ether oxygens (including phenoxy) is 1. The molecule has 2 aromatic carbocycles. The second-order valence-electron chi connectivity index (χ2n) is 7.27. The van der Waals surface area contributed by atoms with Crippen molar-refractivity contribution in [3.8, 4) is 5.75 Å². The number of carbonyl (C=O) groups is 1. The van der Waals surface area contributed by atoms with Gasteiger partial charge < -0.3 is 9.30 Å². The SMILES string of the molecule is CCn1c2ccccc2c2cc3c(cc21)C(=O)CCCC(C)(C)O3. The largest absolute Gasteiger partial charge is 0.487 e. The molecule has 0 amide bonds. The molecule has 0 aliphatic carbocycles. The van der Waals surface area contributed by atoms with Gasteiger partial charge in [0, 0.05) is 29.3 Å². The van der Waals surface area contributed by atoms with Crippen LogP contribution in [0.25, 0.3) is 21.8 Å². The molecule has 0 radical (unpaired) electrons. The second kappa shape index (κ2) is 5.37. The van der Waals surface area contributed by atoms with Crippen molar-refractivity contribution in [1.82, 2.24) is 4.57 Å². The zero-order valence-corrected chi connectivity index (χ0v) is 14.6. The number of ketones is 1. The van der Waals surface area contributed by atoms with E-state index in [4.69, 9.17) is 4.74 Å². The summed E-state index contributed by atoms with van der Waals surface area (Å²) in [5, 5.41) is 2.38. The molecule has 24 heavy (non-hydrogen) atoms. The highest BCUT2D eigenvalue weighted by atomic mass is 16.5. The quantitative estimate of drug-likeness (QED) is 0.606. The molecule has 3 aromatic rings. The van der Waals surface area contributed by atoms with Gasteiger partial charge in [0.05, 0.1) is 11.1 Å². The molecule has 3 heteroatoms. The Labute approximate surface area is 142 Å². The Kier molecular flexibility index (Phi) is 3.41. The average molecular weight is 321 g/mol. The van der Waals surface area contributed by atoms with Crippen LogP contribution in [0, 0.1) is 0 Å². The fourth-order valence-electron chi connectivity index (χ4n) is 3.88. The minimum Gasteiger partial charge on any atom is -0.487 e. The summed E-state index contributed by atoms with van der Waals surface area (Å²) in [5.41, 5.74) is 2.81. The van der Waals surface area contributed by atoms with Crippen molar-refractivity contribution in [2.75, 3.05) is 0 Å². The number of aromatic nitrogens is 1. The lowest BCUT2D eigenvalue weighted by Crippen LogP contribution is -2.30. The molecule has 1 aliphatic heterocycles. The van der Waals surface area contributed by atoms with Crippen molar-refractivity contribution in [2.24, 2.45) is 0 Å². The van der Waals surface area contributed by atoms with E-state index in [1.165, 1.54) is 10.9 Å². The number of fused-ring (bicyclic) bond motifs is 4. The molecule has 3 nitrogen and oxygen atoms in total. The first-order valence-corrected chi connectivity index (χ1v) is 8.77. The third-order valence-corrected chi connectivity index (χ3v) is 5.06. The van der Waals surface area contributed by atoms with Crippen LogP contribution in [0.15, 0.2) is 36.4 Å². The van der Waals surface area contributed by atoms with Gasteiger partial charge in [0.1, 0.15) is 11.4 Å². The van der Waals surface area contributed by atoms with Crippen LogP contribution in [0.3, 0.4) is 0 Å². The van der Waals surface area contributed by atoms with Gasteiger partial charge in [-0.25, -0.2) is 0 Å². The maximum Gasteiger partial charge on any atom is 0.166 e. The topological polar surface area (TPSA) is 31.2 Å². The number of carbonyl (C=O) groups excluding carboxylic acids is 1. The van der Waals surface area contributed by atoms with Gasteiger partial charge in [-0.1, -0.05) is 18.2 Å². The van der Waals surface area contributed by atoms with E-state index >= 15 is 0 Å². The van der Waals surface area contributed by atoms with Gasteiger partial charge in [-0.15, -0.1) is 0 Å². The van der Waals surface area contributed by atoms with Crippen LogP contribution in [0.1, 0.15) is 50.4 Å². The predicted molar refractivity (Wildman–Crippen MR) is 98.0 cm³/mol. The zero-order valence-electron chi connectivity index (χ0n) is 14.6.